The molecule has 0 saturated carbocycles. The van der Waals surface area contributed by atoms with E-state index in [2.05, 4.69) is 15.8 Å². The van der Waals surface area contributed by atoms with Crippen LogP contribution >= 0.6 is 23.2 Å². The van der Waals surface area contributed by atoms with Gasteiger partial charge in [0.05, 0.1) is 6.21 Å². The van der Waals surface area contributed by atoms with Crippen LogP contribution in [0.1, 0.15) is 35.3 Å². The Kier molecular flexibility index (Phi) is 9.08. The average molecular weight is 498 g/mol. The highest BCUT2D eigenvalue weighted by Crippen LogP contribution is 2.18. The molecule has 0 fully saturated rings. The number of hydrogen-bond acceptors (Lipinski definition) is 4. The van der Waals surface area contributed by atoms with E-state index in [1.165, 1.54) is 6.21 Å². The van der Waals surface area contributed by atoms with Gasteiger partial charge in [0.1, 0.15) is 18.4 Å². The molecule has 0 aromatic heterocycles. The third-order valence-electron chi connectivity index (χ3n) is 4.93. The van der Waals surface area contributed by atoms with Crippen molar-refractivity contribution in [3.05, 3.63) is 99.5 Å². The van der Waals surface area contributed by atoms with Gasteiger partial charge in [0.2, 0.25) is 0 Å². The molecule has 1 unspecified atom stereocenters. The van der Waals surface area contributed by atoms with Gasteiger partial charge in [0, 0.05) is 21.2 Å². The number of nitrogens with one attached hydrogen (secondary N) is 2. The summed E-state index contributed by atoms with van der Waals surface area (Å²) in [5.74, 6) is -0.360. The summed E-state index contributed by atoms with van der Waals surface area (Å²) in [4.78, 5) is 25.3. The molecule has 34 heavy (non-hydrogen) atoms. The topological polar surface area (TPSA) is 79.8 Å². The van der Waals surface area contributed by atoms with Gasteiger partial charge < -0.3 is 10.1 Å². The molecule has 2 N–H and O–H groups in total. The third kappa shape index (κ3) is 7.33. The minimum Gasteiger partial charge on any atom is -0.488 e. The van der Waals surface area contributed by atoms with Gasteiger partial charge >= 0.3 is 0 Å². The Morgan fingerprint density at radius 3 is 2.41 bits per heavy atom. The quantitative estimate of drug-likeness (QED) is 0.303. The second kappa shape index (κ2) is 12.2. The van der Waals surface area contributed by atoms with Crippen molar-refractivity contribution in [1.82, 2.24) is 10.7 Å². The summed E-state index contributed by atoms with van der Waals surface area (Å²) < 4.78 is 5.90. The lowest BCUT2D eigenvalue weighted by atomic mass is 10.0. The van der Waals surface area contributed by atoms with E-state index in [1.54, 1.807) is 36.4 Å². The molecule has 8 heteroatoms. The summed E-state index contributed by atoms with van der Waals surface area (Å²) in [7, 11) is 0. The van der Waals surface area contributed by atoms with Crippen molar-refractivity contribution in [2.24, 2.45) is 11.0 Å². The Labute approximate surface area is 208 Å². The molecular weight excluding hydrogens is 473 g/mol. The summed E-state index contributed by atoms with van der Waals surface area (Å²) in [5.41, 5.74) is 4.55. The molecule has 0 saturated heterocycles. The van der Waals surface area contributed by atoms with Crippen LogP contribution in [-0.4, -0.2) is 24.1 Å². The zero-order valence-electron chi connectivity index (χ0n) is 18.8. The van der Waals surface area contributed by atoms with Gasteiger partial charge in [-0.15, -0.1) is 0 Å². The Morgan fingerprint density at radius 1 is 0.971 bits per heavy atom. The molecule has 0 bridgehead atoms. The first-order valence-electron chi connectivity index (χ1n) is 10.7. The van der Waals surface area contributed by atoms with Crippen LogP contribution in [0.5, 0.6) is 5.75 Å². The van der Waals surface area contributed by atoms with Crippen LogP contribution in [0.3, 0.4) is 0 Å². The summed E-state index contributed by atoms with van der Waals surface area (Å²) in [5, 5.41) is 7.92. The van der Waals surface area contributed by atoms with E-state index < -0.39 is 11.9 Å². The van der Waals surface area contributed by atoms with Crippen LogP contribution in [0.4, 0.5) is 0 Å². The highest BCUT2D eigenvalue weighted by atomic mass is 35.5. The highest BCUT2D eigenvalue weighted by molar-refractivity contribution is 6.31. The first kappa shape index (κ1) is 25.3. The number of hydrogen-bond donors (Lipinski definition) is 2. The van der Waals surface area contributed by atoms with Crippen LogP contribution in [0.25, 0.3) is 0 Å². The predicted octanol–water partition coefficient (Wildman–Crippen LogP) is 5.48. The van der Waals surface area contributed by atoms with Crippen molar-refractivity contribution >= 4 is 41.2 Å². The molecule has 0 aliphatic carbocycles. The molecule has 2 amide bonds. The smallest absolute Gasteiger partial charge is 0.262 e. The SMILES string of the molecule is CC(C)C(NC(=O)c1cccc(Cl)c1)C(=O)N/N=C/c1ccccc1OCc1ccc(Cl)cc1. The normalized spacial score (nSPS) is 11.9. The van der Waals surface area contributed by atoms with Crippen molar-refractivity contribution in [2.45, 2.75) is 26.5 Å². The van der Waals surface area contributed by atoms with Crippen LogP contribution < -0.4 is 15.5 Å². The first-order chi connectivity index (χ1) is 16.3. The number of nitrogens with zero attached hydrogens (tertiary/aromatic N) is 1. The lowest BCUT2D eigenvalue weighted by Crippen LogP contribution is -2.48. The zero-order valence-corrected chi connectivity index (χ0v) is 20.3. The van der Waals surface area contributed by atoms with E-state index in [1.807, 2.05) is 50.2 Å². The van der Waals surface area contributed by atoms with Crippen molar-refractivity contribution in [2.75, 3.05) is 0 Å². The lowest BCUT2D eigenvalue weighted by molar-refractivity contribution is -0.123. The summed E-state index contributed by atoms with van der Waals surface area (Å²) in [6.07, 6.45) is 1.51. The fraction of sp³-hybridized carbons (Fsp3) is 0.192. The minimum absolute atomic E-state index is 0.159. The predicted molar refractivity (Wildman–Crippen MR) is 136 cm³/mol. The van der Waals surface area contributed by atoms with Gasteiger partial charge in [0.15, 0.2) is 0 Å². The second-order valence-electron chi connectivity index (χ2n) is 7.89. The fourth-order valence-electron chi connectivity index (χ4n) is 3.08. The minimum atomic E-state index is -0.778. The van der Waals surface area contributed by atoms with Crippen LogP contribution in [0.2, 0.25) is 10.0 Å². The molecule has 0 aliphatic rings. The first-order valence-corrected chi connectivity index (χ1v) is 11.4. The molecular formula is C26H25Cl2N3O3. The van der Waals surface area contributed by atoms with Gasteiger partial charge in [-0.1, -0.05) is 67.4 Å². The van der Waals surface area contributed by atoms with E-state index in [0.29, 0.717) is 33.5 Å². The molecule has 0 aliphatic heterocycles. The molecule has 3 aromatic rings. The van der Waals surface area contributed by atoms with Gasteiger partial charge in [-0.2, -0.15) is 5.10 Å². The summed E-state index contributed by atoms with van der Waals surface area (Å²) in [6, 6.07) is 20.5. The largest absolute Gasteiger partial charge is 0.488 e. The number of amides is 2. The fourth-order valence-corrected chi connectivity index (χ4v) is 3.40. The van der Waals surface area contributed by atoms with E-state index in [-0.39, 0.29) is 11.8 Å². The Morgan fingerprint density at radius 2 is 1.71 bits per heavy atom. The number of para-hydroxylation sites is 1. The van der Waals surface area contributed by atoms with Crippen molar-refractivity contribution < 1.29 is 14.3 Å². The number of benzene rings is 3. The third-order valence-corrected chi connectivity index (χ3v) is 5.41. The number of ether oxygens (including phenoxy) is 1. The monoisotopic (exact) mass is 497 g/mol. The maximum absolute atomic E-state index is 12.7. The van der Waals surface area contributed by atoms with Gasteiger partial charge in [-0.05, 0) is 53.9 Å². The number of carbonyl (C=O) groups is 2. The van der Waals surface area contributed by atoms with E-state index in [9.17, 15) is 9.59 Å². The van der Waals surface area contributed by atoms with Crippen LogP contribution in [-0.2, 0) is 11.4 Å². The van der Waals surface area contributed by atoms with E-state index >= 15 is 0 Å². The molecule has 3 aromatic carbocycles. The van der Waals surface area contributed by atoms with Gasteiger partial charge in [-0.25, -0.2) is 5.43 Å². The standard InChI is InChI=1S/C26H25Cl2N3O3/c1-17(2)24(30-25(32)19-7-5-8-22(28)14-19)26(33)31-29-15-20-6-3-4-9-23(20)34-16-18-10-12-21(27)13-11-18/h3-15,17,24H,16H2,1-2H3,(H,30,32)(H,31,33)/b29-15+. The van der Waals surface area contributed by atoms with E-state index in [0.717, 1.165) is 5.56 Å². The summed E-state index contributed by atoms with van der Waals surface area (Å²) in [6.45, 7) is 4.04. The number of halogens is 2. The molecule has 176 valence electrons. The van der Waals surface area contributed by atoms with Crippen molar-refractivity contribution in [3.8, 4) is 5.75 Å². The molecule has 0 heterocycles. The Balaban J connectivity index is 1.62. The zero-order chi connectivity index (χ0) is 24.5. The lowest BCUT2D eigenvalue weighted by Gasteiger charge is -2.20. The van der Waals surface area contributed by atoms with Crippen LogP contribution in [0.15, 0.2) is 77.9 Å². The highest BCUT2D eigenvalue weighted by Gasteiger charge is 2.24. The number of carbonyl (C=O) groups excluding carboxylic acids is 2. The molecule has 6 nitrogen and oxygen atoms in total. The maximum Gasteiger partial charge on any atom is 0.262 e. The van der Waals surface area contributed by atoms with Gasteiger partial charge in [0.25, 0.3) is 11.8 Å². The van der Waals surface area contributed by atoms with Crippen LogP contribution in [0, 0.1) is 5.92 Å². The maximum atomic E-state index is 12.7. The Bertz CT molecular complexity index is 1160. The van der Waals surface area contributed by atoms with Crippen molar-refractivity contribution in [1.29, 1.82) is 0 Å². The second-order valence-corrected chi connectivity index (χ2v) is 8.77. The number of hydrazone groups is 1. The average Bonchev–Trinajstić information content (AvgIpc) is 2.82. The number of rotatable bonds is 9. The molecule has 0 spiro atoms. The molecule has 1 atom stereocenters. The molecule has 0 radical (unpaired) electrons. The molecule has 3 rings (SSSR count). The van der Waals surface area contributed by atoms with Crippen molar-refractivity contribution in [3.63, 3.8) is 0 Å². The Hall–Kier alpha value is -3.35. The van der Waals surface area contributed by atoms with Gasteiger partial charge in [-0.3, -0.25) is 9.59 Å². The van der Waals surface area contributed by atoms with E-state index in [4.69, 9.17) is 27.9 Å². The summed E-state index contributed by atoms with van der Waals surface area (Å²) >= 11 is 11.9.